The summed E-state index contributed by atoms with van der Waals surface area (Å²) in [6.45, 7) is 4.14. The number of aromatic nitrogens is 2. The summed E-state index contributed by atoms with van der Waals surface area (Å²) in [6.07, 6.45) is 1.80. The van der Waals surface area contributed by atoms with E-state index in [2.05, 4.69) is 28.0 Å². The lowest BCUT2D eigenvalue weighted by Gasteiger charge is -2.12. The lowest BCUT2D eigenvalue weighted by molar-refractivity contribution is 0.182. The lowest BCUT2D eigenvalue weighted by Crippen LogP contribution is -2.16. The van der Waals surface area contributed by atoms with Gasteiger partial charge in [0.05, 0.1) is 29.5 Å². The van der Waals surface area contributed by atoms with Gasteiger partial charge in [0.1, 0.15) is 0 Å². The molecule has 4 nitrogen and oxygen atoms in total. The summed E-state index contributed by atoms with van der Waals surface area (Å²) in [5.74, 6) is 0.309. The predicted molar refractivity (Wildman–Crippen MR) is 59.3 cm³/mol. The van der Waals surface area contributed by atoms with Crippen molar-refractivity contribution in [2.24, 2.45) is 5.73 Å². The summed E-state index contributed by atoms with van der Waals surface area (Å²) >= 11 is 3.47. The number of methoxy groups -OCH3 is 1. The normalized spacial score (nSPS) is 13.1. The number of ether oxygens (including phenoxy) is 1. The molecule has 80 valence electrons. The fourth-order valence-corrected chi connectivity index (χ4v) is 2.02. The van der Waals surface area contributed by atoms with Crippen LogP contribution in [0.1, 0.15) is 18.5 Å². The topological polar surface area (TPSA) is 53.1 Å². The van der Waals surface area contributed by atoms with E-state index in [1.165, 1.54) is 0 Å². The zero-order valence-electron chi connectivity index (χ0n) is 8.53. The Morgan fingerprint density at radius 2 is 2.43 bits per heavy atom. The van der Waals surface area contributed by atoms with E-state index >= 15 is 0 Å². The summed E-state index contributed by atoms with van der Waals surface area (Å²) < 4.78 is 7.97. The van der Waals surface area contributed by atoms with E-state index < -0.39 is 0 Å². The van der Waals surface area contributed by atoms with Gasteiger partial charge in [-0.1, -0.05) is 6.92 Å². The first-order valence-electron chi connectivity index (χ1n) is 4.61. The van der Waals surface area contributed by atoms with Gasteiger partial charge in [-0.25, -0.2) is 0 Å². The molecule has 1 unspecified atom stereocenters. The molecule has 0 saturated heterocycles. The second-order valence-electron chi connectivity index (χ2n) is 3.23. The van der Waals surface area contributed by atoms with Crippen molar-refractivity contribution >= 4 is 15.9 Å². The first-order chi connectivity index (χ1) is 6.70. The SMILES string of the molecule is COCCn1ncc(Br)c1C(C)CN. The van der Waals surface area contributed by atoms with Gasteiger partial charge in [-0.2, -0.15) is 5.10 Å². The van der Waals surface area contributed by atoms with E-state index in [4.69, 9.17) is 10.5 Å². The summed E-state index contributed by atoms with van der Waals surface area (Å²) in [4.78, 5) is 0. The third-order valence-electron chi connectivity index (χ3n) is 2.16. The Bertz CT molecular complexity index is 288. The third kappa shape index (κ3) is 2.56. The first kappa shape index (κ1) is 11.7. The minimum absolute atomic E-state index is 0.309. The Morgan fingerprint density at radius 3 is 3.00 bits per heavy atom. The first-order valence-corrected chi connectivity index (χ1v) is 5.40. The molecule has 0 amide bonds. The average molecular weight is 262 g/mol. The van der Waals surface area contributed by atoms with Crippen molar-refractivity contribution in [1.29, 1.82) is 0 Å². The van der Waals surface area contributed by atoms with E-state index in [0.717, 1.165) is 16.7 Å². The summed E-state index contributed by atoms with van der Waals surface area (Å²) in [7, 11) is 1.69. The zero-order chi connectivity index (χ0) is 10.6. The monoisotopic (exact) mass is 261 g/mol. The van der Waals surface area contributed by atoms with E-state index in [0.29, 0.717) is 19.1 Å². The van der Waals surface area contributed by atoms with Crippen LogP contribution in [0.25, 0.3) is 0 Å². The van der Waals surface area contributed by atoms with Crippen molar-refractivity contribution in [1.82, 2.24) is 9.78 Å². The maximum Gasteiger partial charge on any atom is 0.0658 e. The Labute approximate surface area is 92.5 Å². The molecule has 0 saturated carbocycles. The maximum atomic E-state index is 5.64. The predicted octanol–water partition coefficient (Wildman–Crippen LogP) is 1.35. The fourth-order valence-electron chi connectivity index (χ4n) is 1.33. The average Bonchev–Trinajstić information content (AvgIpc) is 2.55. The summed E-state index contributed by atoms with van der Waals surface area (Å²) in [5.41, 5.74) is 6.78. The van der Waals surface area contributed by atoms with Gasteiger partial charge in [0, 0.05) is 19.6 Å². The molecule has 0 aliphatic heterocycles. The standard InChI is InChI=1S/C9H16BrN3O/c1-7(5-11)9-8(10)6-12-13(9)3-4-14-2/h6-7H,3-5,11H2,1-2H3. The van der Waals surface area contributed by atoms with Crippen molar-refractivity contribution in [3.8, 4) is 0 Å². The number of halogens is 1. The molecule has 0 fully saturated rings. The van der Waals surface area contributed by atoms with Crippen LogP contribution >= 0.6 is 15.9 Å². The number of hydrogen-bond donors (Lipinski definition) is 1. The Balaban J connectivity index is 2.82. The minimum atomic E-state index is 0.309. The van der Waals surface area contributed by atoms with Crippen LogP contribution in [-0.4, -0.2) is 30.0 Å². The highest BCUT2D eigenvalue weighted by Crippen LogP contribution is 2.23. The third-order valence-corrected chi connectivity index (χ3v) is 2.77. The molecule has 5 heteroatoms. The van der Waals surface area contributed by atoms with E-state index in [1.807, 2.05) is 4.68 Å². The van der Waals surface area contributed by atoms with Crippen LogP contribution in [0.4, 0.5) is 0 Å². The molecule has 0 spiro atoms. The molecule has 0 aromatic carbocycles. The highest BCUT2D eigenvalue weighted by atomic mass is 79.9. The smallest absolute Gasteiger partial charge is 0.0658 e. The zero-order valence-corrected chi connectivity index (χ0v) is 10.1. The quantitative estimate of drug-likeness (QED) is 0.871. The summed E-state index contributed by atoms with van der Waals surface area (Å²) in [6, 6.07) is 0. The van der Waals surface area contributed by atoms with Crippen molar-refractivity contribution in [2.45, 2.75) is 19.4 Å². The molecular weight excluding hydrogens is 246 g/mol. The van der Waals surface area contributed by atoms with Gasteiger partial charge < -0.3 is 10.5 Å². The molecule has 1 aromatic heterocycles. The molecule has 0 aliphatic rings. The molecular formula is C9H16BrN3O. The highest BCUT2D eigenvalue weighted by molar-refractivity contribution is 9.10. The Morgan fingerprint density at radius 1 is 1.71 bits per heavy atom. The van der Waals surface area contributed by atoms with Crippen LogP contribution < -0.4 is 5.73 Å². The number of rotatable bonds is 5. The van der Waals surface area contributed by atoms with Crippen LogP contribution in [0.2, 0.25) is 0 Å². The molecule has 1 atom stereocenters. The molecule has 1 heterocycles. The number of nitrogens with zero attached hydrogens (tertiary/aromatic N) is 2. The van der Waals surface area contributed by atoms with Crippen LogP contribution in [0.3, 0.4) is 0 Å². The molecule has 1 rings (SSSR count). The molecule has 2 N–H and O–H groups in total. The molecule has 0 radical (unpaired) electrons. The van der Waals surface area contributed by atoms with E-state index in [1.54, 1.807) is 13.3 Å². The fraction of sp³-hybridized carbons (Fsp3) is 0.667. The lowest BCUT2D eigenvalue weighted by atomic mass is 10.1. The van der Waals surface area contributed by atoms with Crippen LogP contribution in [-0.2, 0) is 11.3 Å². The van der Waals surface area contributed by atoms with Crippen LogP contribution in [0.5, 0.6) is 0 Å². The molecule has 0 aliphatic carbocycles. The Kier molecular flexibility index (Phi) is 4.57. The maximum absolute atomic E-state index is 5.64. The van der Waals surface area contributed by atoms with Crippen molar-refractivity contribution in [3.05, 3.63) is 16.4 Å². The van der Waals surface area contributed by atoms with Gasteiger partial charge in [0.2, 0.25) is 0 Å². The van der Waals surface area contributed by atoms with Gasteiger partial charge in [-0.05, 0) is 15.9 Å². The molecule has 14 heavy (non-hydrogen) atoms. The number of nitrogens with two attached hydrogens (primary N) is 1. The second-order valence-corrected chi connectivity index (χ2v) is 4.08. The summed E-state index contributed by atoms with van der Waals surface area (Å²) in [5, 5.41) is 4.26. The van der Waals surface area contributed by atoms with Gasteiger partial charge in [0.15, 0.2) is 0 Å². The number of hydrogen-bond acceptors (Lipinski definition) is 3. The van der Waals surface area contributed by atoms with Gasteiger partial charge in [0.25, 0.3) is 0 Å². The van der Waals surface area contributed by atoms with Crippen LogP contribution in [0.15, 0.2) is 10.7 Å². The van der Waals surface area contributed by atoms with Gasteiger partial charge in [-0.15, -0.1) is 0 Å². The minimum Gasteiger partial charge on any atom is -0.383 e. The van der Waals surface area contributed by atoms with Crippen molar-refractivity contribution in [3.63, 3.8) is 0 Å². The Hall–Kier alpha value is -0.390. The van der Waals surface area contributed by atoms with Crippen LogP contribution in [0, 0.1) is 0 Å². The second kappa shape index (κ2) is 5.48. The van der Waals surface area contributed by atoms with Gasteiger partial charge in [-0.3, -0.25) is 4.68 Å². The molecule has 0 bridgehead atoms. The largest absolute Gasteiger partial charge is 0.383 e. The highest BCUT2D eigenvalue weighted by Gasteiger charge is 2.14. The van der Waals surface area contributed by atoms with Crippen molar-refractivity contribution in [2.75, 3.05) is 20.3 Å². The van der Waals surface area contributed by atoms with E-state index in [-0.39, 0.29) is 0 Å². The van der Waals surface area contributed by atoms with E-state index in [9.17, 15) is 0 Å². The molecule has 1 aromatic rings. The van der Waals surface area contributed by atoms with Gasteiger partial charge >= 0.3 is 0 Å². The van der Waals surface area contributed by atoms with Crippen molar-refractivity contribution < 1.29 is 4.74 Å².